The smallest absolute Gasteiger partial charge is 0.261 e. The third-order valence-corrected chi connectivity index (χ3v) is 5.16. The summed E-state index contributed by atoms with van der Waals surface area (Å²) >= 11 is 0. The van der Waals surface area contributed by atoms with Crippen LogP contribution in [-0.2, 0) is 10.0 Å². The third kappa shape index (κ3) is 3.60. The summed E-state index contributed by atoms with van der Waals surface area (Å²) in [6, 6.07) is 14.2. The first-order valence-corrected chi connectivity index (χ1v) is 8.95. The van der Waals surface area contributed by atoms with Crippen LogP contribution in [0.2, 0.25) is 0 Å². The van der Waals surface area contributed by atoms with Crippen LogP contribution in [0.1, 0.15) is 18.4 Å². The molecule has 2 aromatic carbocycles. The first kappa shape index (κ1) is 14.9. The molecule has 0 aromatic heterocycles. The molecule has 0 unspecified atom stereocenters. The van der Waals surface area contributed by atoms with Gasteiger partial charge in [-0.1, -0.05) is 29.8 Å². The molecule has 3 rings (SSSR count). The van der Waals surface area contributed by atoms with E-state index in [1.807, 2.05) is 25.1 Å². The molecular weight excluding hydrogens is 296 g/mol. The van der Waals surface area contributed by atoms with Crippen LogP contribution in [0.25, 0.3) is 0 Å². The maximum Gasteiger partial charge on any atom is 0.261 e. The Bertz CT molecular complexity index is 750. The minimum absolute atomic E-state index is 0.273. The summed E-state index contributed by atoms with van der Waals surface area (Å²) in [5.74, 6) is 0.724. The molecule has 1 saturated carbocycles. The summed E-state index contributed by atoms with van der Waals surface area (Å²) in [6.07, 6.45) is 2.51. The van der Waals surface area contributed by atoms with Crippen molar-refractivity contribution in [1.29, 1.82) is 0 Å². The van der Waals surface area contributed by atoms with E-state index in [2.05, 4.69) is 10.0 Å². The second-order valence-electron chi connectivity index (χ2n) is 5.79. The van der Waals surface area contributed by atoms with Crippen molar-refractivity contribution in [1.82, 2.24) is 0 Å². The van der Waals surface area contributed by atoms with Gasteiger partial charge in [0.05, 0.1) is 16.3 Å². The Morgan fingerprint density at radius 3 is 2.27 bits per heavy atom. The van der Waals surface area contributed by atoms with Gasteiger partial charge in [0.15, 0.2) is 0 Å². The fourth-order valence-electron chi connectivity index (χ4n) is 2.22. The molecule has 0 amide bonds. The van der Waals surface area contributed by atoms with E-state index in [1.54, 1.807) is 30.3 Å². The zero-order valence-corrected chi connectivity index (χ0v) is 13.4. The molecule has 116 valence electrons. The van der Waals surface area contributed by atoms with Gasteiger partial charge in [0, 0.05) is 6.54 Å². The lowest BCUT2D eigenvalue weighted by atomic mass is 10.2. The Kier molecular flexibility index (Phi) is 4.07. The fraction of sp³-hybridized carbons (Fsp3) is 0.294. The summed E-state index contributed by atoms with van der Waals surface area (Å²) in [4.78, 5) is 0.273. The molecular formula is C17H20N2O2S. The number of aryl methyl sites for hydroxylation is 1. The molecule has 0 atom stereocenters. The highest BCUT2D eigenvalue weighted by Gasteiger charge is 2.21. The minimum atomic E-state index is -3.57. The number of benzene rings is 2. The zero-order valence-electron chi connectivity index (χ0n) is 12.5. The standard InChI is InChI=1S/C17H20N2O2S/c1-13-6-10-15(11-7-13)22(20,21)19-17-5-3-2-4-16(17)18-12-14-8-9-14/h2-7,10-11,14,18-19H,8-9,12H2,1H3. The van der Waals surface area contributed by atoms with Gasteiger partial charge in [-0.05, 0) is 49.9 Å². The van der Waals surface area contributed by atoms with Crippen molar-refractivity contribution in [2.24, 2.45) is 5.92 Å². The monoisotopic (exact) mass is 316 g/mol. The van der Waals surface area contributed by atoms with Gasteiger partial charge >= 0.3 is 0 Å². The fourth-order valence-corrected chi connectivity index (χ4v) is 3.30. The van der Waals surface area contributed by atoms with Crippen molar-refractivity contribution in [3.63, 3.8) is 0 Å². The number of hydrogen-bond acceptors (Lipinski definition) is 3. The molecule has 2 aromatic rings. The molecule has 0 spiro atoms. The first-order valence-electron chi connectivity index (χ1n) is 7.47. The van der Waals surface area contributed by atoms with Crippen LogP contribution in [-0.4, -0.2) is 15.0 Å². The van der Waals surface area contributed by atoms with Gasteiger partial charge in [0.1, 0.15) is 0 Å². The van der Waals surface area contributed by atoms with Crippen LogP contribution in [0, 0.1) is 12.8 Å². The Balaban J connectivity index is 1.80. The third-order valence-electron chi connectivity index (χ3n) is 3.78. The van der Waals surface area contributed by atoms with Crippen LogP contribution in [0.3, 0.4) is 0 Å². The van der Waals surface area contributed by atoms with E-state index in [9.17, 15) is 8.42 Å². The average molecular weight is 316 g/mol. The highest BCUT2D eigenvalue weighted by Crippen LogP contribution is 2.31. The van der Waals surface area contributed by atoms with Crippen LogP contribution in [0.5, 0.6) is 0 Å². The highest BCUT2D eigenvalue weighted by molar-refractivity contribution is 7.92. The molecule has 0 heterocycles. The molecule has 4 nitrogen and oxygen atoms in total. The van der Waals surface area contributed by atoms with Gasteiger partial charge in [0.2, 0.25) is 0 Å². The average Bonchev–Trinajstić information content (AvgIpc) is 3.31. The maximum atomic E-state index is 12.5. The van der Waals surface area contributed by atoms with E-state index >= 15 is 0 Å². The second-order valence-corrected chi connectivity index (χ2v) is 7.47. The summed E-state index contributed by atoms with van der Waals surface area (Å²) < 4.78 is 27.6. The van der Waals surface area contributed by atoms with Crippen LogP contribution >= 0.6 is 0 Å². The van der Waals surface area contributed by atoms with Gasteiger partial charge < -0.3 is 5.32 Å². The van der Waals surface area contributed by atoms with Crippen molar-refractivity contribution in [2.45, 2.75) is 24.7 Å². The van der Waals surface area contributed by atoms with Crippen LogP contribution in [0.15, 0.2) is 53.4 Å². The second kappa shape index (κ2) is 6.01. The minimum Gasteiger partial charge on any atom is -0.383 e. The Labute approximate surface area is 131 Å². The first-order chi connectivity index (χ1) is 10.5. The Morgan fingerprint density at radius 2 is 1.64 bits per heavy atom. The van der Waals surface area contributed by atoms with Crippen LogP contribution < -0.4 is 10.0 Å². The highest BCUT2D eigenvalue weighted by atomic mass is 32.2. The lowest BCUT2D eigenvalue weighted by Gasteiger charge is -2.14. The zero-order chi connectivity index (χ0) is 15.6. The molecule has 1 aliphatic carbocycles. The molecule has 22 heavy (non-hydrogen) atoms. The molecule has 0 radical (unpaired) electrons. The number of anilines is 2. The Morgan fingerprint density at radius 1 is 1.00 bits per heavy atom. The molecule has 2 N–H and O–H groups in total. The van der Waals surface area contributed by atoms with E-state index in [4.69, 9.17) is 0 Å². The normalized spacial score (nSPS) is 14.6. The molecule has 1 fully saturated rings. The van der Waals surface area contributed by atoms with Gasteiger partial charge in [-0.2, -0.15) is 0 Å². The van der Waals surface area contributed by atoms with Gasteiger partial charge in [0.25, 0.3) is 10.0 Å². The van der Waals surface area contributed by atoms with Crippen molar-refractivity contribution < 1.29 is 8.42 Å². The molecule has 5 heteroatoms. The summed E-state index contributed by atoms with van der Waals surface area (Å²) in [6.45, 7) is 2.82. The SMILES string of the molecule is Cc1ccc(S(=O)(=O)Nc2ccccc2NCC2CC2)cc1. The van der Waals surface area contributed by atoms with Crippen molar-refractivity contribution in [3.8, 4) is 0 Å². The molecule has 0 aliphatic heterocycles. The maximum absolute atomic E-state index is 12.5. The van der Waals surface area contributed by atoms with Crippen LogP contribution in [0.4, 0.5) is 11.4 Å². The molecule has 0 saturated heterocycles. The van der Waals surface area contributed by atoms with Gasteiger partial charge in [-0.15, -0.1) is 0 Å². The van der Waals surface area contributed by atoms with Crippen molar-refractivity contribution in [3.05, 3.63) is 54.1 Å². The van der Waals surface area contributed by atoms with E-state index in [1.165, 1.54) is 12.8 Å². The molecule has 0 bridgehead atoms. The summed E-state index contributed by atoms with van der Waals surface area (Å²) in [5, 5.41) is 3.33. The van der Waals surface area contributed by atoms with E-state index < -0.39 is 10.0 Å². The lowest BCUT2D eigenvalue weighted by Crippen LogP contribution is -2.15. The van der Waals surface area contributed by atoms with Crippen molar-refractivity contribution >= 4 is 21.4 Å². The number of para-hydroxylation sites is 2. The summed E-state index contributed by atoms with van der Waals surface area (Å²) in [7, 11) is -3.57. The predicted octanol–water partition coefficient (Wildman–Crippen LogP) is 3.62. The number of sulfonamides is 1. The van der Waals surface area contributed by atoms with E-state index in [0.717, 1.165) is 23.7 Å². The van der Waals surface area contributed by atoms with E-state index in [-0.39, 0.29) is 4.90 Å². The van der Waals surface area contributed by atoms with Gasteiger partial charge in [-0.25, -0.2) is 8.42 Å². The number of hydrogen-bond donors (Lipinski definition) is 2. The lowest BCUT2D eigenvalue weighted by molar-refractivity contribution is 0.601. The molecule has 1 aliphatic rings. The summed E-state index contributed by atoms with van der Waals surface area (Å²) in [5.41, 5.74) is 2.44. The Hall–Kier alpha value is -2.01. The largest absolute Gasteiger partial charge is 0.383 e. The van der Waals surface area contributed by atoms with E-state index in [0.29, 0.717) is 5.69 Å². The topological polar surface area (TPSA) is 58.2 Å². The van der Waals surface area contributed by atoms with Gasteiger partial charge in [-0.3, -0.25) is 4.72 Å². The number of rotatable bonds is 6. The predicted molar refractivity (Wildman–Crippen MR) is 89.6 cm³/mol. The quantitative estimate of drug-likeness (QED) is 0.856. The van der Waals surface area contributed by atoms with Crippen molar-refractivity contribution in [2.75, 3.05) is 16.6 Å². The number of nitrogens with one attached hydrogen (secondary N) is 2.